The van der Waals surface area contributed by atoms with Crippen LogP contribution in [0.3, 0.4) is 0 Å². The van der Waals surface area contributed by atoms with Crippen LogP contribution < -0.4 is 0 Å². The number of hydrogen-bond donors (Lipinski definition) is 1. The van der Waals surface area contributed by atoms with Crippen molar-refractivity contribution in [1.82, 2.24) is 9.97 Å². The van der Waals surface area contributed by atoms with Crippen molar-refractivity contribution in [1.29, 1.82) is 0 Å². The van der Waals surface area contributed by atoms with Crippen LogP contribution in [0.5, 0.6) is 0 Å². The summed E-state index contributed by atoms with van der Waals surface area (Å²) in [5, 5.41) is 0. The van der Waals surface area contributed by atoms with Gasteiger partial charge in [-0.05, 0) is 30.5 Å². The Labute approximate surface area is 101 Å². The van der Waals surface area contributed by atoms with Crippen molar-refractivity contribution in [2.75, 3.05) is 0 Å². The van der Waals surface area contributed by atoms with Crippen molar-refractivity contribution in [2.24, 2.45) is 0 Å². The molecule has 0 aliphatic rings. The number of carbonyl (C=O) groups is 1. The predicted molar refractivity (Wildman–Crippen MR) is 66.9 cm³/mol. The van der Waals surface area contributed by atoms with Crippen LogP contribution in [0.1, 0.15) is 22.5 Å². The van der Waals surface area contributed by atoms with Gasteiger partial charge >= 0.3 is 0 Å². The molecule has 3 nitrogen and oxygen atoms in total. The van der Waals surface area contributed by atoms with E-state index in [1.54, 1.807) is 12.4 Å². The van der Waals surface area contributed by atoms with Crippen molar-refractivity contribution in [3.8, 4) is 0 Å². The minimum atomic E-state index is 0.184. The lowest BCUT2D eigenvalue weighted by Gasteiger charge is -2.04. The number of aromatic amines is 1. The van der Waals surface area contributed by atoms with Crippen LogP contribution in [0.2, 0.25) is 0 Å². The summed E-state index contributed by atoms with van der Waals surface area (Å²) in [4.78, 5) is 18.8. The summed E-state index contributed by atoms with van der Waals surface area (Å²) in [6.45, 7) is 4.14. The topological polar surface area (TPSA) is 45.8 Å². The van der Waals surface area contributed by atoms with Crippen molar-refractivity contribution in [2.45, 2.75) is 26.7 Å². The van der Waals surface area contributed by atoms with Gasteiger partial charge in [0.15, 0.2) is 0 Å². The Kier molecular flexibility index (Phi) is 3.38. The van der Waals surface area contributed by atoms with E-state index in [1.807, 2.05) is 6.07 Å². The fourth-order valence-corrected chi connectivity index (χ4v) is 1.79. The Balaban J connectivity index is 2.00. The lowest BCUT2D eigenvalue weighted by Crippen LogP contribution is -2.08. The fraction of sp³-hybridized carbons (Fsp3) is 0.286. The molecule has 0 saturated heterocycles. The predicted octanol–water partition coefficient (Wildman–Crippen LogP) is 2.38. The molecule has 1 heterocycles. The van der Waals surface area contributed by atoms with Gasteiger partial charge in [-0.15, -0.1) is 0 Å². The summed E-state index contributed by atoms with van der Waals surface area (Å²) in [6, 6.07) is 6.16. The maximum atomic E-state index is 11.8. The lowest BCUT2D eigenvalue weighted by atomic mass is 10.0. The minimum absolute atomic E-state index is 0.184. The molecule has 1 N–H and O–H groups in total. The molecule has 1 aromatic carbocycles. The number of benzene rings is 1. The summed E-state index contributed by atoms with van der Waals surface area (Å²) in [5.74, 6) is 0.919. The van der Waals surface area contributed by atoms with E-state index in [2.05, 4.69) is 35.9 Å². The average molecular weight is 228 g/mol. The van der Waals surface area contributed by atoms with Crippen LogP contribution >= 0.6 is 0 Å². The molecule has 0 unspecified atom stereocenters. The van der Waals surface area contributed by atoms with Gasteiger partial charge < -0.3 is 4.98 Å². The first-order valence-corrected chi connectivity index (χ1v) is 5.71. The van der Waals surface area contributed by atoms with Gasteiger partial charge in [0.1, 0.15) is 11.6 Å². The fourth-order valence-electron chi connectivity index (χ4n) is 1.79. The maximum absolute atomic E-state index is 11.8. The number of H-pyrrole nitrogens is 1. The van der Waals surface area contributed by atoms with E-state index in [9.17, 15) is 4.79 Å². The number of Topliss-reactive ketones (excluding diaryl/α,β-unsaturated/α-hetero) is 1. The second-order valence-corrected chi connectivity index (χ2v) is 4.35. The molecular formula is C14H16N2O. The summed E-state index contributed by atoms with van der Waals surface area (Å²) >= 11 is 0. The second kappa shape index (κ2) is 4.95. The molecule has 3 heteroatoms. The van der Waals surface area contributed by atoms with E-state index in [-0.39, 0.29) is 5.78 Å². The summed E-state index contributed by atoms with van der Waals surface area (Å²) in [7, 11) is 0. The normalized spacial score (nSPS) is 10.5. The van der Waals surface area contributed by atoms with Crippen molar-refractivity contribution in [3.05, 3.63) is 53.1 Å². The van der Waals surface area contributed by atoms with Crippen LogP contribution in [-0.2, 0) is 17.6 Å². The largest absolute Gasteiger partial charge is 0.348 e. The zero-order chi connectivity index (χ0) is 12.3. The van der Waals surface area contributed by atoms with E-state index in [0.717, 1.165) is 11.4 Å². The molecule has 88 valence electrons. The standard InChI is InChI=1S/C14H16N2O/c1-10-3-4-12(7-11(10)2)8-13(17)9-14-15-5-6-16-14/h3-7H,8-9H2,1-2H3,(H,15,16). The monoisotopic (exact) mass is 228 g/mol. The number of hydrogen-bond acceptors (Lipinski definition) is 2. The SMILES string of the molecule is Cc1ccc(CC(=O)Cc2ncc[nH]2)cc1C. The minimum Gasteiger partial charge on any atom is -0.348 e. The third-order valence-electron chi connectivity index (χ3n) is 2.89. The summed E-state index contributed by atoms with van der Waals surface area (Å²) in [5.41, 5.74) is 3.56. The van der Waals surface area contributed by atoms with Crippen LogP contribution in [-0.4, -0.2) is 15.8 Å². The Morgan fingerprint density at radius 2 is 2.06 bits per heavy atom. The van der Waals surface area contributed by atoms with Gasteiger partial charge in [0, 0.05) is 18.8 Å². The number of nitrogens with one attached hydrogen (secondary N) is 1. The molecule has 0 saturated carbocycles. The smallest absolute Gasteiger partial charge is 0.144 e. The van der Waals surface area contributed by atoms with E-state index in [0.29, 0.717) is 12.8 Å². The number of rotatable bonds is 4. The number of aryl methyl sites for hydroxylation is 2. The number of nitrogens with zero attached hydrogens (tertiary/aromatic N) is 1. The second-order valence-electron chi connectivity index (χ2n) is 4.35. The highest BCUT2D eigenvalue weighted by Gasteiger charge is 2.07. The van der Waals surface area contributed by atoms with Gasteiger partial charge in [-0.1, -0.05) is 18.2 Å². The Hall–Kier alpha value is -1.90. The molecular weight excluding hydrogens is 212 g/mol. The molecule has 0 spiro atoms. The molecule has 0 fully saturated rings. The molecule has 0 radical (unpaired) electrons. The van der Waals surface area contributed by atoms with E-state index < -0.39 is 0 Å². The highest BCUT2D eigenvalue weighted by atomic mass is 16.1. The molecule has 2 rings (SSSR count). The third kappa shape index (κ3) is 3.03. The molecule has 0 bridgehead atoms. The quantitative estimate of drug-likeness (QED) is 0.873. The van der Waals surface area contributed by atoms with Crippen molar-refractivity contribution in [3.63, 3.8) is 0 Å². The highest BCUT2D eigenvalue weighted by molar-refractivity contribution is 5.82. The van der Waals surface area contributed by atoms with Gasteiger partial charge in [-0.25, -0.2) is 4.98 Å². The van der Waals surface area contributed by atoms with E-state index >= 15 is 0 Å². The zero-order valence-electron chi connectivity index (χ0n) is 10.2. The third-order valence-corrected chi connectivity index (χ3v) is 2.89. The lowest BCUT2D eigenvalue weighted by molar-refractivity contribution is -0.117. The molecule has 0 aliphatic heterocycles. The first-order chi connectivity index (χ1) is 8.15. The summed E-state index contributed by atoms with van der Waals surface area (Å²) < 4.78 is 0. The van der Waals surface area contributed by atoms with Gasteiger partial charge in [0.2, 0.25) is 0 Å². The van der Waals surface area contributed by atoms with Crippen LogP contribution in [0.15, 0.2) is 30.6 Å². The number of aromatic nitrogens is 2. The number of carbonyl (C=O) groups excluding carboxylic acids is 1. The summed E-state index contributed by atoms with van der Waals surface area (Å²) in [6.07, 6.45) is 4.25. The molecule has 2 aromatic rings. The average Bonchev–Trinajstić information content (AvgIpc) is 2.76. The van der Waals surface area contributed by atoms with Crippen LogP contribution in [0.25, 0.3) is 0 Å². The van der Waals surface area contributed by atoms with E-state index in [1.165, 1.54) is 11.1 Å². The molecule has 1 aromatic heterocycles. The maximum Gasteiger partial charge on any atom is 0.144 e. The van der Waals surface area contributed by atoms with Gasteiger partial charge in [0.05, 0.1) is 6.42 Å². The number of imidazole rings is 1. The molecule has 17 heavy (non-hydrogen) atoms. The Morgan fingerprint density at radius 3 is 2.71 bits per heavy atom. The molecule has 0 aliphatic carbocycles. The Morgan fingerprint density at radius 1 is 1.24 bits per heavy atom. The zero-order valence-corrected chi connectivity index (χ0v) is 10.2. The van der Waals surface area contributed by atoms with Gasteiger partial charge in [-0.2, -0.15) is 0 Å². The first-order valence-electron chi connectivity index (χ1n) is 5.71. The molecule has 0 atom stereocenters. The van der Waals surface area contributed by atoms with Crippen LogP contribution in [0, 0.1) is 13.8 Å². The van der Waals surface area contributed by atoms with E-state index in [4.69, 9.17) is 0 Å². The van der Waals surface area contributed by atoms with Crippen LogP contribution in [0.4, 0.5) is 0 Å². The van der Waals surface area contributed by atoms with Gasteiger partial charge in [-0.3, -0.25) is 4.79 Å². The van der Waals surface area contributed by atoms with Crippen molar-refractivity contribution >= 4 is 5.78 Å². The van der Waals surface area contributed by atoms with Crippen molar-refractivity contribution < 1.29 is 4.79 Å². The number of ketones is 1. The Bertz CT molecular complexity index is 515. The first kappa shape index (κ1) is 11.6. The van der Waals surface area contributed by atoms with Gasteiger partial charge in [0.25, 0.3) is 0 Å². The highest BCUT2D eigenvalue weighted by Crippen LogP contribution is 2.11. The molecule has 0 amide bonds.